The summed E-state index contributed by atoms with van der Waals surface area (Å²) in [6.07, 6.45) is 0. The largest absolute Gasteiger partial charge is 0.326 e. The Kier molecular flexibility index (Phi) is 3.92. The summed E-state index contributed by atoms with van der Waals surface area (Å²) in [5, 5.41) is 6.42. The lowest BCUT2D eigenvalue weighted by atomic mass is 10.0. The normalized spacial score (nSPS) is 19.6. The molecule has 3 nitrogen and oxygen atoms in total. The molecule has 1 aliphatic rings. The molecule has 2 N–H and O–H groups in total. The van der Waals surface area contributed by atoms with Crippen LogP contribution in [0.25, 0.3) is 0 Å². The van der Waals surface area contributed by atoms with Gasteiger partial charge >= 0.3 is 0 Å². The van der Waals surface area contributed by atoms with Crippen LogP contribution in [0.15, 0.2) is 24.3 Å². The van der Waals surface area contributed by atoms with Gasteiger partial charge in [-0.1, -0.05) is 52.8 Å². The van der Waals surface area contributed by atoms with Gasteiger partial charge in [0.2, 0.25) is 5.91 Å². The number of rotatable bonds is 5. The Hall–Kier alpha value is -1.35. The van der Waals surface area contributed by atoms with E-state index in [1.165, 1.54) is 0 Å². The first kappa shape index (κ1) is 15.0. The zero-order valence-electron chi connectivity index (χ0n) is 13.2. The van der Waals surface area contributed by atoms with E-state index in [0.29, 0.717) is 0 Å². The summed E-state index contributed by atoms with van der Waals surface area (Å²) in [4.78, 5) is 12.5. The van der Waals surface area contributed by atoms with Crippen LogP contribution in [0.4, 0.5) is 5.69 Å². The summed E-state index contributed by atoms with van der Waals surface area (Å²) in [5.74, 6) is 0.228. The number of anilines is 1. The highest BCUT2D eigenvalue weighted by atomic mass is 16.2. The maximum atomic E-state index is 12.5. The SMILES string of the molecule is CCNCc1ccccc1NC(=O)C1C(C)(C)C1(C)C. The van der Waals surface area contributed by atoms with Crippen molar-refractivity contribution in [2.24, 2.45) is 16.7 Å². The molecule has 20 heavy (non-hydrogen) atoms. The smallest absolute Gasteiger partial charge is 0.228 e. The van der Waals surface area contributed by atoms with E-state index in [4.69, 9.17) is 0 Å². The van der Waals surface area contributed by atoms with Gasteiger partial charge in [-0.2, -0.15) is 0 Å². The molecule has 1 aliphatic carbocycles. The molecular weight excluding hydrogens is 248 g/mol. The Morgan fingerprint density at radius 2 is 1.75 bits per heavy atom. The average Bonchev–Trinajstić information content (AvgIpc) is 2.78. The fourth-order valence-electron chi connectivity index (χ4n) is 3.11. The number of para-hydroxylation sites is 1. The predicted molar refractivity (Wildman–Crippen MR) is 83.5 cm³/mol. The maximum Gasteiger partial charge on any atom is 0.228 e. The van der Waals surface area contributed by atoms with Crippen molar-refractivity contribution >= 4 is 11.6 Å². The molecule has 3 heteroatoms. The Bertz CT molecular complexity index is 491. The number of carbonyl (C=O) groups is 1. The molecule has 2 rings (SSSR count). The van der Waals surface area contributed by atoms with Crippen molar-refractivity contribution in [1.82, 2.24) is 5.32 Å². The van der Waals surface area contributed by atoms with Crippen LogP contribution in [0, 0.1) is 16.7 Å². The molecule has 0 aliphatic heterocycles. The highest BCUT2D eigenvalue weighted by Gasteiger charge is 2.68. The van der Waals surface area contributed by atoms with Crippen LogP contribution in [-0.2, 0) is 11.3 Å². The molecular formula is C17H26N2O. The number of hydrogen-bond donors (Lipinski definition) is 2. The van der Waals surface area contributed by atoms with Gasteiger partial charge in [-0.25, -0.2) is 0 Å². The van der Waals surface area contributed by atoms with E-state index >= 15 is 0 Å². The lowest BCUT2D eigenvalue weighted by molar-refractivity contribution is -0.118. The van der Waals surface area contributed by atoms with E-state index in [9.17, 15) is 4.79 Å². The van der Waals surface area contributed by atoms with Crippen molar-refractivity contribution < 1.29 is 4.79 Å². The van der Waals surface area contributed by atoms with E-state index in [1.54, 1.807) is 0 Å². The molecule has 0 saturated heterocycles. The molecule has 1 aromatic carbocycles. The van der Waals surface area contributed by atoms with Gasteiger partial charge in [0.15, 0.2) is 0 Å². The quantitative estimate of drug-likeness (QED) is 0.864. The van der Waals surface area contributed by atoms with E-state index < -0.39 is 0 Å². The maximum absolute atomic E-state index is 12.5. The van der Waals surface area contributed by atoms with Crippen molar-refractivity contribution in [3.63, 3.8) is 0 Å². The topological polar surface area (TPSA) is 41.1 Å². The van der Waals surface area contributed by atoms with Crippen LogP contribution in [0.5, 0.6) is 0 Å². The number of benzene rings is 1. The predicted octanol–water partition coefficient (Wildman–Crippen LogP) is 3.42. The number of amides is 1. The van der Waals surface area contributed by atoms with E-state index in [2.05, 4.69) is 51.3 Å². The summed E-state index contributed by atoms with van der Waals surface area (Å²) in [5.41, 5.74) is 2.22. The lowest BCUT2D eigenvalue weighted by Gasteiger charge is -2.12. The summed E-state index contributed by atoms with van der Waals surface area (Å²) < 4.78 is 0. The molecule has 110 valence electrons. The number of hydrogen-bond acceptors (Lipinski definition) is 2. The molecule has 0 atom stereocenters. The third-order valence-corrected chi connectivity index (χ3v) is 5.12. The highest BCUT2D eigenvalue weighted by molar-refractivity contribution is 5.96. The van der Waals surface area contributed by atoms with Crippen LogP contribution in [-0.4, -0.2) is 12.5 Å². The Morgan fingerprint density at radius 1 is 1.15 bits per heavy atom. The molecule has 0 aromatic heterocycles. The first-order chi connectivity index (χ1) is 9.32. The van der Waals surface area contributed by atoms with Crippen molar-refractivity contribution in [3.8, 4) is 0 Å². The fourth-order valence-corrected chi connectivity index (χ4v) is 3.11. The monoisotopic (exact) mass is 274 g/mol. The van der Waals surface area contributed by atoms with Crippen LogP contribution in [0.2, 0.25) is 0 Å². The molecule has 1 saturated carbocycles. The number of nitrogens with one attached hydrogen (secondary N) is 2. The molecule has 1 aromatic rings. The van der Waals surface area contributed by atoms with E-state index in [1.807, 2.05) is 18.2 Å². The van der Waals surface area contributed by atoms with Gasteiger partial charge in [-0.3, -0.25) is 4.79 Å². The first-order valence-corrected chi connectivity index (χ1v) is 7.42. The molecule has 1 fully saturated rings. The van der Waals surface area contributed by atoms with E-state index in [-0.39, 0.29) is 22.7 Å². The van der Waals surface area contributed by atoms with Gasteiger partial charge < -0.3 is 10.6 Å². The lowest BCUT2D eigenvalue weighted by Crippen LogP contribution is -2.20. The third-order valence-electron chi connectivity index (χ3n) is 5.12. The van der Waals surface area contributed by atoms with Crippen LogP contribution < -0.4 is 10.6 Å². The Balaban J connectivity index is 2.10. The summed E-state index contributed by atoms with van der Waals surface area (Å²) in [6, 6.07) is 8.01. The van der Waals surface area contributed by atoms with Gasteiger partial charge in [0.05, 0.1) is 0 Å². The van der Waals surface area contributed by atoms with Gasteiger partial charge in [0, 0.05) is 18.2 Å². The summed E-state index contributed by atoms with van der Waals surface area (Å²) >= 11 is 0. The van der Waals surface area contributed by atoms with Crippen molar-refractivity contribution in [2.75, 3.05) is 11.9 Å². The molecule has 0 unspecified atom stereocenters. The molecule has 0 bridgehead atoms. The van der Waals surface area contributed by atoms with Gasteiger partial charge in [0.1, 0.15) is 0 Å². The third kappa shape index (κ3) is 2.47. The van der Waals surface area contributed by atoms with Gasteiger partial charge in [-0.15, -0.1) is 0 Å². The Morgan fingerprint density at radius 3 is 2.30 bits per heavy atom. The Labute approximate surface area is 122 Å². The minimum atomic E-state index is 0.0771. The fraction of sp³-hybridized carbons (Fsp3) is 0.588. The zero-order valence-corrected chi connectivity index (χ0v) is 13.2. The molecule has 0 heterocycles. The molecule has 0 spiro atoms. The van der Waals surface area contributed by atoms with E-state index in [0.717, 1.165) is 24.3 Å². The minimum absolute atomic E-state index is 0.0771. The second-order valence-electron chi connectivity index (χ2n) is 6.80. The minimum Gasteiger partial charge on any atom is -0.326 e. The molecule has 0 radical (unpaired) electrons. The molecule has 1 amide bonds. The van der Waals surface area contributed by atoms with Gasteiger partial charge in [0.25, 0.3) is 0 Å². The van der Waals surface area contributed by atoms with Crippen LogP contribution in [0.3, 0.4) is 0 Å². The summed E-state index contributed by atoms with van der Waals surface area (Å²) in [6.45, 7) is 12.5. The van der Waals surface area contributed by atoms with Crippen molar-refractivity contribution in [1.29, 1.82) is 0 Å². The second-order valence-corrected chi connectivity index (χ2v) is 6.80. The van der Waals surface area contributed by atoms with Crippen molar-refractivity contribution in [3.05, 3.63) is 29.8 Å². The van der Waals surface area contributed by atoms with Crippen LogP contribution >= 0.6 is 0 Å². The van der Waals surface area contributed by atoms with Crippen LogP contribution in [0.1, 0.15) is 40.2 Å². The van der Waals surface area contributed by atoms with Gasteiger partial charge in [-0.05, 0) is 29.0 Å². The zero-order chi connectivity index (χ0) is 15.0. The highest BCUT2D eigenvalue weighted by Crippen LogP contribution is 2.68. The standard InChI is InChI=1S/C17H26N2O/c1-6-18-11-12-9-7-8-10-13(12)19-15(20)14-16(2,3)17(14,4)5/h7-10,14,18H,6,11H2,1-5H3,(H,19,20). The first-order valence-electron chi connectivity index (χ1n) is 7.42. The number of carbonyl (C=O) groups excluding carboxylic acids is 1. The summed E-state index contributed by atoms with van der Waals surface area (Å²) in [7, 11) is 0. The van der Waals surface area contributed by atoms with Crippen molar-refractivity contribution in [2.45, 2.75) is 41.2 Å². The second kappa shape index (κ2) is 5.21. The average molecular weight is 274 g/mol.